The fourth-order valence-corrected chi connectivity index (χ4v) is 2.94. The average Bonchev–Trinajstić information content (AvgIpc) is 1.99. The van der Waals surface area contributed by atoms with Crippen LogP contribution in [0.15, 0.2) is 11.1 Å². The molecule has 0 bridgehead atoms. The number of nitrogens with two attached hydrogens (primary N) is 1. The zero-order valence-electron chi connectivity index (χ0n) is 8.60. The lowest BCUT2D eigenvalue weighted by atomic mass is 10.4. The van der Waals surface area contributed by atoms with Crippen molar-refractivity contribution in [1.29, 1.82) is 0 Å². The molecule has 0 amide bonds. The minimum atomic E-state index is -3.38. The molecule has 0 aliphatic carbocycles. The van der Waals surface area contributed by atoms with Crippen molar-refractivity contribution in [2.75, 3.05) is 11.5 Å². The highest BCUT2D eigenvalue weighted by atomic mass is 32.2. The van der Waals surface area contributed by atoms with Crippen LogP contribution in [-0.4, -0.2) is 29.9 Å². The van der Waals surface area contributed by atoms with Crippen LogP contribution in [-0.2, 0) is 10.0 Å². The molecule has 1 heterocycles. The zero-order valence-corrected chi connectivity index (χ0v) is 10.2. The maximum atomic E-state index is 10.7. The third-order valence-electron chi connectivity index (χ3n) is 1.56. The van der Waals surface area contributed by atoms with Crippen LogP contribution in [0.4, 0.5) is 0 Å². The summed E-state index contributed by atoms with van der Waals surface area (Å²) in [6.45, 7) is 3.68. The first-order valence-electron chi connectivity index (χ1n) is 4.32. The second-order valence-corrected chi connectivity index (χ2v) is 5.96. The molecule has 0 spiro atoms. The van der Waals surface area contributed by atoms with Crippen molar-refractivity contribution in [3.05, 3.63) is 17.6 Å². The zero-order chi connectivity index (χ0) is 11.5. The van der Waals surface area contributed by atoms with Crippen molar-refractivity contribution in [1.82, 2.24) is 9.97 Å². The number of sulfonamides is 1. The summed E-state index contributed by atoms with van der Waals surface area (Å²) < 4.78 is 21.4. The molecule has 1 rings (SSSR count). The van der Waals surface area contributed by atoms with E-state index in [1.165, 1.54) is 11.8 Å². The van der Waals surface area contributed by atoms with Gasteiger partial charge in [0.25, 0.3) is 0 Å². The van der Waals surface area contributed by atoms with Gasteiger partial charge in [-0.05, 0) is 19.9 Å². The van der Waals surface area contributed by atoms with Gasteiger partial charge in [0.15, 0.2) is 0 Å². The van der Waals surface area contributed by atoms with E-state index in [0.29, 0.717) is 11.6 Å². The van der Waals surface area contributed by atoms with E-state index in [9.17, 15) is 8.42 Å². The van der Waals surface area contributed by atoms with Gasteiger partial charge in [-0.1, -0.05) is 0 Å². The molecular weight excluding hydrogens is 234 g/mol. The molecule has 84 valence electrons. The number of aromatic nitrogens is 2. The van der Waals surface area contributed by atoms with Crippen LogP contribution in [0.3, 0.4) is 0 Å². The molecule has 0 radical (unpaired) electrons. The smallest absolute Gasteiger partial charge is 0.209 e. The Morgan fingerprint density at radius 3 is 2.60 bits per heavy atom. The fraction of sp³-hybridized carbons (Fsp3) is 0.500. The van der Waals surface area contributed by atoms with E-state index in [1.54, 1.807) is 6.92 Å². The van der Waals surface area contributed by atoms with E-state index in [1.807, 2.05) is 13.0 Å². The molecule has 1 aromatic heterocycles. The fourth-order valence-electron chi connectivity index (χ4n) is 1.02. The van der Waals surface area contributed by atoms with Crippen molar-refractivity contribution in [3.63, 3.8) is 0 Å². The van der Waals surface area contributed by atoms with Gasteiger partial charge in [0, 0.05) is 11.4 Å². The maximum Gasteiger partial charge on any atom is 0.209 e. The highest BCUT2D eigenvalue weighted by Gasteiger charge is 2.04. The lowest BCUT2D eigenvalue weighted by Gasteiger charge is -2.02. The Balaban J connectivity index is 2.58. The van der Waals surface area contributed by atoms with Crippen LogP contribution < -0.4 is 5.14 Å². The van der Waals surface area contributed by atoms with Crippen molar-refractivity contribution in [3.8, 4) is 0 Å². The van der Waals surface area contributed by atoms with E-state index in [0.717, 1.165) is 10.7 Å². The molecule has 7 heteroatoms. The predicted molar refractivity (Wildman–Crippen MR) is 60.2 cm³/mol. The normalized spacial score (nSPS) is 11.7. The van der Waals surface area contributed by atoms with Gasteiger partial charge in [0.05, 0.1) is 10.8 Å². The van der Waals surface area contributed by atoms with Crippen LogP contribution in [0.1, 0.15) is 11.5 Å². The van der Waals surface area contributed by atoms with Crippen LogP contribution in [0.25, 0.3) is 0 Å². The van der Waals surface area contributed by atoms with Crippen molar-refractivity contribution < 1.29 is 8.42 Å². The highest BCUT2D eigenvalue weighted by molar-refractivity contribution is 8.00. The molecule has 0 saturated carbocycles. The number of thioether (sulfide) groups is 1. The Bertz CT molecular complexity index is 425. The van der Waals surface area contributed by atoms with E-state index < -0.39 is 10.0 Å². The minimum Gasteiger partial charge on any atom is -0.238 e. The lowest BCUT2D eigenvalue weighted by molar-refractivity contribution is 0.599. The summed E-state index contributed by atoms with van der Waals surface area (Å²) in [5.41, 5.74) is 0.876. The lowest BCUT2D eigenvalue weighted by Crippen LogP contribution is -2.17. The van der Waals surface area contributed by atoms with Gasteiger partial charge < -0.3 is 0 Å². The Hall–Kier alpha value is -0.660. The van der Waals surface area contributed by atoms with Crippen molar-refractivity contribution in [2.24, 2.45) is 5.14 Å². The molecule has 5 nitrogen and oxygen atoms in total. The monoisotopic (exact) mass is 247 g/mol. The molecule has 0 atom stereocenters. The van der Waals surface area contributed by atoms with E-state index in [4.69, 9.17) is 5.14 Å². The van der Waals surface area contributed by atoms with Gasteiger partial charge >= 0.3 is 0 Å². The molecule has 0 aliphatic heterocycles. The summed E-state index contributed by atoms with van der Waals surface area (Å²) in [5.74, 6) is 1.06. The van der Waals surface area contributed by atoms with Crippen LogP contribution in [0.5, 0.6) is 0 Å². The molecule has 15 heavy (non-hydrogen) atoms. The first-order valence-corrected chi connectivity index (χ1v) is 7.02. The first-order chi connectivity index (χ1) is 6.87. The topological polar surface area (TPSA) is 85.9 Å². The number of rotatable bonds is 4. The Labute approximate surface area is 93.6 Å². The number of primary sulfonamides is 1. The van der Waals surface area contributed by atoms with E-state index in [-0.39, 0.29) is 5.75 Å². The number of hydrogen-bond donors (Lipinski definition) is 1. The second-order valence-electron chi connectivity index (χ2n) is 3.11. The van der Waals surface area contributed by atoms with Crippen LogP contribution >= 0.6 is 11.8 Å². The Morgan fingerprint density at radius 1 is 1.40 bits per heavy atom. The molecule has 1 aromatic rings. The Morgan fingerprint density at radius 2 is 2.07 bits per heavy atom. The molecular formula is C8H13N3O2S2. The molecule has 2 N–H and O–H groups in total. The van der Waals surface area contributed by atoms with E-state index >= 15 is 0 Å². The molecule has 0 aliphatic rings. The molecule has 0 unspecified atom stereocenters. The average molecular weight is 247 g/mol. The number of hydrogen-bond acceptors (Lipinski definition) is 5. The largest absolute Gasteiger partial charge is 0.238 e. The van der Waals surface area contributed by atoms with Crippen molar-refractivity contribution >= 4 is 21.8 Å². The highest BCUT2D eigenvalue weighted by Crippen LogP contribution is 2.15. The SMILES string of the molecule is Cc1cc(SCCS(N)(=O)=O)nc(C)n1. The van der Waals surface area contributed by atoms with E-state index in [2.05, 4.69) is 9.97 Å². The summed E-state index contributed by atoms with van der Waals surface area (Å²) in [6, 6.07) is 1.82. The van der Waals surface area contributed by atoms with Crippen molar-refractivity contribution in [2.45, 2.75) is 18.9 Å². The third-order valence-corrected chi connectivity index (χ3v) is 3.51. The Kier molecular flexibility index (Phi) is 4.06. The summed E-state index contributed by atoms with van der Waals surface area (Å²) in [5, 5.41) is 5.67. The number of aryl methyl sites for hydroxylation is 2. The summed E-state index contributed by atoms with van der Waals surface area (Å²) >= 11 is 1.37. The minimum absolute atomic E-state index is 0.0419. The summed E-state index contributed by atoms with van der Waals surface area (Å²) in [7, 11) is -3.38. The maximum absolute atomic E-state index is 10.7. The summed E-state index contributed by atoms with van der Waals surface area (Å²) in [6.07, 6.45) is 0. The van der Waals surface area contributed by atoms with Gasteiger partial charge in [-0.15, -0.1) is 11.8 Å². The second kappa shape index (κ2) is 4.91. The van der Waals surface area contributed by atoms with Gasteiger partial charge in [0.1, 0.15) is 5.82 Å². The van der Waals surface area contributed by atoms with Crippen LogP contribution in [0.2, 0.25) is 0 Å². The summed E-state index contributed by atoms with van der Waals surface area (Å²) in [4.78, 5) is 8.29. The molecule has 0 saturated heterocycles. The first kappa shape index (κ1) is 12.4. The third kappa shape index (κ3) is 5.10. The molecule has 0 aromatic carbocycles. The molecule has 0 fully saturated rings. The quantitative estimate of drug-likeness (QED) is 0.617. The van der Waals surface area contributed by atoms with Gasteiger partial charge in [-0.25, -0.2) is 23.5 Å². The van der Waals surface area contributed by atoms with Crippen LogP contribution in [0, 0.1) is 13.8 Å². The van der Waals surface area contributed by atoms with Gasteiger partial charge in [-0.3, -0.25) is 0 Å². The number of nitrogens with zero attached hydrogens (tertiary/aromatic N) is 2. The predicted octanol–water partition coefficient (Wildman–Crippen LogP) is 0.474. The van der Waals surface area contributed by atoms with Gasteiger partial charge in [0.2, 0.25) is 10.0 Å². The van der Waals surface area contributed by atoms with Gasteiger partial charge in [-0.2, -0.15) is 0 Å². The standard InChI is InChI=1S/C8H13N3O2S2/c1-6-5-8(11-7(2)10-6)14-3-4-15(9,12)13/h5H,3-4H2,1-2H3,(H2,9,12,13).